The normalized spacial score (nSPS) is 11.2. The fraction of sp³-hybridized carbons (Fsp3) is 0.889. The van der Waals surface area contributed by atoms with E-state index >= 15 is 0 Å². The van der Waals surface area contributed by atoms with Gasteiger partial charge in [-0.2, -0.15) is 5.06 Å². The van der Waals surface area contributed by atoms with E-state index in [2.05, 4.69) is 25.5 Å². The van der Waals surface area contributed by atoms with Crippen LogP contribution in [0.1, 0.15) is 33.6 Å². The lowest BCUT2D eigenvalue weighted by Crippen LogP contribution is -2.28. The number of carbonyl (C=O) groups excluding carboxylic acids is 1. The minimum Gasteiger partial charge on any atom is -0.451 e. The molecule has 1 amide bonds. The second-order valence-electron chi connectivity index (χ2n) is 4.26. The third-order valence-corrected chi connectivity index (χ3v) is 1.68. The second kappa shape index (κ2) is 5.07. The summed E-state index contributed by atoms with van der Waals surface area (Å²) in [6.07, 6.45) is 1.03. The summed E-state index contributed by atoms with van der Waals surface area (Å²) in [5, 5.41) is 9.68. The van der Waals surface area contributed by atoms with E-state index in [-0.39, 0.29) is 5.41 Å². The molecule has 0 aliphatic heterocycles. The monoisotopic (exact) mass is 189 g/mol. The Bertz CT molecular complexity index is 163. The van der Waals surface area contributed by atoms with Gasteiger partial charge in [0, 0.05) is 0 Å². The average Bonchev–Trinajstić information content (AvgIpc) is 2.00. The van der Waals surface area contributed by atoms with Crippen LogP contribution in [-0.4, -0.2) is 30.0 Å². The van der Waals surface area contributed by atoms with Gasteiger partial charge in [0.25, 0.3) is 0 Å². The van der Waals surface area contributed by atoms with Gasteiger partial charge in [0.1, 0.15) is 0 Å². The number of carbonyl (C=O) groups is 1. The molecule has 0 spiro atoms. The molecular formula is C9H19NO3. The van der Waals surface area contributed by atoms with Gasteiger partial charge >= 0.3 is 6.09 Å². The molecule has 0 aliphatic rings. The Kier molecular flexibility index (Phi) is 4.77. The van der Waals surface area contributed by atoms with Crippen LogP contribution in [0.4, 0.5) is 4.79 Å². The van der Waals surface area contributed by atoms with Gasteiger partial charge in [-0.25, -0.2) is 4.79 Å². The molecule has 0 heterocycles. The van der Waals surface area contributed by atoms with Crippen molar-refractivity contribution in [2.24, 2.45) is 5.41 Å². The lowest BCUT2D eigenvalue weighted by atomic mass is 9.91. The summed E-state index contributed by atoms with van der Waals surface area (Å²) in [4.78, 5) is 10.7. The summed E-state index contributed by atoms with van der Waals surface area (Å²) < 4.78 is 4.33. The van der Waals surface area contributed by atoms with Gasteiger partial charge in [-0.3, -0.25) is 5.21 Å². The zero-order valence-corrected chi connectivity index (χ0v) is 8.83. The van der Waals surface area contributed by atoms with Gasteiger partial charge < -0.3 is 4.74 Å². The summed E-state index contributed by atoms with van der Waals surface area (Å²) in [7, 11) is 1.25. The number of ether oxygens (including phenoxy) is 1. The molecule has 0 radical (unpaired) electrons. The molecule has 0 aromatic heterocycles. The van der Waals surface area contributed by atoms with Crippen LogP contribution in [0.15, 0.2) is 0 Å². The number of hydrogen-bond acceptors (Lipinski definition) is 3. The number of amides is 1. The first-order valence-corrected chi connectivity index (χ1v) is 4.41. The van der Waals surface area contributed by atoms with Crippen molar-refractivity contribution in [3.8, 4) is 0 Å². The summed E-state index contributed by atoms with van der Waals surface area (Å²) in [6, 6.07) is 0. The van der Waals surface area contributed by atoms with E-state index < -0.39 is 6.09 Å². The molecule has 0 saturated heterocycles. The van der Waals surface area contributed by atoms with Gasteiger partial charge in [-0.15, -0.1) is 0 Å². The topological polar surface area (TPSA) is 49.8 Å². The van der Waals surface area contributed by atoms with Crippen LogP contribution < -0.4 is 0 Å². The molecule has 4 heteroatoms. The van der Waals surface area contributed by atoms with E-state index in [9.17, 15) is 4.79 Å². The van der Waals surface area contributed by atoms with Gasteiger partial charge in [-0.05, 0) is 18.3 Å². The lowest BCUT2D eigenvalue weighted by Gasteiger charge is -2.19. The zero-order chi connectivity index (χ0) is 10.5. The predicted octanol–water partition coefficient (Wildman–Crippen LogP) is 2.27. The largest absolute Gasteiger partial charge is 0.451 e. The highest BCUT2D eigenvalue weighted by Gasteiger charge is 2.13. The van der Waals surface area contributed by atoms with Gasteiger partial charge in [0.15, 0.2) is 0 Å². The Morgan fingerprint density at radius 1 is 1.46 bits per heavy atom. The fourth-order valence-corrected chi connectivity index (χ4v) is 0.956. The Balaban J connectivity index is 3.59. The van der Waals surface area contributed by atoms with Crippen molar-refractivity contribution in [2.45, 2.75) is 33.6 Å². The number of rotatable bonds is 3. The van der Waals surface area contributed by atoms with E-state index in [0.717, 1.165) is 12.8 Å². The first-order chi connectivity index (χ1) is 5.87. The van der Waals surface area contributed by atoms with Gasteiger partial charge in [-0.1, -0.05) is 20.8 Å². The third kappa shape index (κ3) is 6.40. The molecule has 0 saturated carbocycles. The lowest BCUT2D eigenvalue weighted by molar-refractivity contribution is -0.0708. The molecule has 13 heavy (non-hydrogen) atoms. The molecule has 78 valence electrons. The summed E-state index contributed by atoms with van der Waals surface area (Å²) in [5.41, 5.74) is 0.233. The Morgan fingerprint density at radius 2 is 2.00 bits per heavy atom. The molecule has 4 nitrogen and oxygen atoms in total. The van der Waals surface area contributed by atoms with Crippen molar-refractivity contribution in [2.75, 3.05) is 13.7 Å². The maximum atomic E-state index is 10.7. The molecule has 1 N–H and O–H groups in total. The average molecular weight is 189 g/mol. The Hall–Kier alpha value is -0.770. The first-order valence-electron chi connectivity index (χ1n) is 4.41. The molecule has 0 aromatic carbocycles. The molecule has 0 fully saturated rings. The van der Waals surface area contributed by atoms with Crippen LogP contribution in [0, 0.1) is 5.41 Å². The van der Waals surface area contributed by atoms with Crippen molar-refractivity contribution < 1.29 is 14.7 Å². The highest BCUT2D eigenvalue weighted by Crippen LogP contribution is 2.20. The van der Waals surface area contributed by atoms with Gasteiger partial charge in [0.05, 0.1) is 13.7 Å². The number of hydrogen-bond donors (Lipinski definition) is 1. The molecule has 0 bridgehead atoms. The van der Waals surface area contributed by atoms with Crippen LogP contribution in [0.3, 0.4) is 0 Å². The quantitative estimate of drug-likeness (QED) is 0.547. The standard InChI is InChI=1S/C9H19NO3/c1-9(2,3)6-5-7-10(12)8(11)13-4/h12H,5-7H2,1-4H3. The maximum absolute atomic E-state index is 10.7. The summed E-state index contributed by atoms with van der Waals surface area (Å²) in [6.45, 7) is 6.68. The third-order valence-electron chi connectivity index (χ3n) is 1.68. The molecule has 0 aromatic rings. The first kappa shape index (κ1) is 12.2. The maximum Gasteiger partial charge on any atom is 0.433 e. The van der Waals surface area contributed by atoms with Crippen LogP contribution in [0.2, 0.25) is 0 Å². The van der Waals surface area contributed by atoms with Crippen molar-refractivity contribution in [3.63, 3.8) is 0 Å². The molecule has 0 aliphatic carbocycles. The van der Waals surface area contributed by atoms with E-state index in [1.54, 1.807) is 0 Å². The summed E-state index contributed by atoms with van der Waals surface area (Å²) in [5.74, 6) is 0. The van der Waals surface area contributed by atoms with E-state index in [1.165, 1.54) is 7.11 Å². The SMILES string of the molecule is COC(=O)N(O)CCCC(C)(C)C. The Morgan fingerprint density at radius 3 is 2.38 bits per heavy atom. The molecule has 0 atom stereocenters. The summed E-state index contributed by atoms with van der Waals surface area (Å²) >= 11 is 0. The predicted molar refractivity (Wildman–Crippen MR) is 49.6 cm³/mol. The number of hydroxylamine groups is 2. The van der Waals surface area contributed by atoms with E-state index in [1.807, 2.05) is 0 Å². The van der Waals surface area contributed by atoms with E-state index in [4.69, 9.17) is 5.21 Å². The zero-order valence-electron chi connectivity index (χ0n) is 8.83. The van der Waals surface area contributed by atoms with Crippen molar-refractivity contribution >= 4 is 6.09 Å². The Labute approximate surface area is 79.4 Å². The van der Waals surface area contributed by atoms with Crippen LogP contribution in [0.5, 0.6) is 0 Å². The fourth-order valence-electron chi connectivity index (χ4n) is 0.956. The van der Waals surface area contributed by atoms with Crippen molar-refractivity contribution in [3.05, 3.63) is 0 Å². The molecule has 0 unspecified atom stereocenters. The van der Waals surface area contributed by atoms with Gasteiger partial charge in [0.2, 0.25) is 0 Å². The van der Waals surface area contributed by atoms with Crippen molar-refractivity contribution in [1.29, 1.82) is 0 Å². The number of methoxy groups -OCH3 is 1. The molecule has 0 rings (SSSR count). The van der Waals surface area contributed by atoms with Crippen molar-refractivity contribution in [1.82, 2.24) is 5.06 Å². The minimum absolute atomic E-state index is 0.233. The minimum atomic E-state index is -0.700. The highest BCUT2D eigenvalue weighted by molar-refractivity contribution is 5.65. The smallest absolute Gasteiger partial charge is 0.433 e. The second-order valence-corrected chi connectivity index (χ2v) is 4.26. The highest BCUT2D eigenvalue weighted by atomic mass is 16.6. The van der Waals surface area contributed by atoms with Crippen LogP contribution in [0.25, 0.3) is 0 Å². The molecular weight excluding hydrogens is 170 g/mol. The van der Waals surface area contributed by atoms with Crippen LogP contribution >= 0.6 is 0 Å². The van der Waals surface area contributed by atoms with E-state index in [0.29, 0.717) is 11.6 Å². The van der Waals surface area contributed by atoms with Crippen LogP contribution in [-0.2, 0) is 4.74 Å². The number of nitrogens with zero attached hydrogens (tertiary/aromatic N) is 1.